The predicted octanol–water partition coefficient (Wildman–Crippen LogP) is 5.08. The molecule has 1 atom stereocenters. The van der Waals surface area contributed by atoms with Crippen LogP contribution in [0.4, 0.5) is 10.5 Å². The van der Waals surface area contributed by atoms with Crippen molar-refractivity contribution in [1.29, 1.82) is 0 Å². The van der Waals surface area contributed by atoms with Gasteiger partial charge >= 0.3 is 6.09 Å². The Bertz CT molecular complexity index is 1250. The molecule has 4 rings (SSSR count). The summed E-state index contributed by atoms with van der Waals surface area (Å²) in [5.41, 5.74) is 0.458. The third-order valence-corrected chi connectivity index (χ3v) is 7.63. The molecular weight excluding hydrogens is 450 g/mol. The molecule has 34 heavy (non-hydrogen) atoms. The Balaban J connectivity index is 1.66. The summed E-state index contributed by atoms with van der Waals surface area (Å²) in [5, 5.41) is 0.769. The van der Waals surface area contributed by atoms with Crippen LogP contribution in [0.3, 0.4) is 0 Å². The van der Waals surface area contributed by atoms with Gasteiger partial charge in [0.05, 0.1) is 11.2 Å². The molecule has 1 unspecified atom stereocenters. The number of carbonyl (C=O) groups excluding carboxylic acids is 1. The van der Waals surface area contributed by atoms with Gasteiger partial charge in [0.25, 0.3) is 10.0 Å². The van der Waals surface area contributed by atoms with Crippen LogP contribution in [-0.2, 0) is 14.8 Å². The summed E-state index contributed by atoms with van der Waals surface area (Å²) >= 11 is 0. The second-order valence-electron chi connectivity index (χ2n) is 9.64. The van der Waals surface area contributed by atoms with Crippen LogP contribution in [-0.4, -0.2) is 49.6 Å². The minimum absolute atomic E-state index is 0.0285. The number of rotatable bonds is 5. The molecule has 8 heteroatoms. The van der Waals surface area contributed by atoms with Crippen LogP contribution in [0.25, 0.3) is 10.9 Å². The van der Waals surface area contributed by atoms with Crippen LogP contribution in [0, 0.1) is 5.92 Å². The lowest BCUT2D eigenvalue weighted by Gasteiger charge is -2.36. The van der Waals surface area contributed by atoms with Crippen LogP contribution < -0.4 is 4.31 Å². The maximum atomic E-state index is 14.0. The molecule has 0 aliphatic carbocycles. The maximum Gasteiger partial charge on any atom is 0.410 e. The molecule has 2 heterocycles. The van der Waals surface area contributed by atoms with Gasteiger partial charge in [0.15, 0.2) is 0 Å². The summed E-state index contributed by atoms with van der Waals surface area (Å²) in [7, 11) is -3.91. The number of hydrogen-bond donors (Lipinski definition) is 0. The van der Waals surface area contributed by atoms with E-state index in [1.165, 1.54) is 4.31 Å². The third-order valence-electron chi connectivity index (χ3n) is 5.80. The molecule has 1 aromatic heterocycles. The van der Waals surface area contributed by atoms with Crippen LogP contribution >= 0.6 is 0 Å². The molecular formula is C26H31N3O4S. The molecule has 7 nitrogen and oxygen atoms in total. The van der Waals surface area contributed by atoms with Gasteiger partial charge in [-0.15, -0.1) is 0 Å². The van der Waals surface area contributed by atoms with E-state index in [0.717, 1.165) is 18.2 Å². The number of fused-ring (bicyclic) bond motifs is 1. The van der Waals surface area contributed by atoms with Crippen LogP contribution in [0.5, 0.6) is 0 Å². The zero-order valence-corrected chi connectivity index (χ0v) is 20.7. The maximum absolute atomic E-state index is 14.0. The number of likely N-dealkylation sites (tertiary alicyclic amines) is 1. The molecule has 1 saturated heterocycles. The van der Waals surface area contributed by atoms with E-state index >= 15 is 0 Å². The molecule has 2 aromatic carbocycles. The number of para-hydroxylation sites is 2. The lowest BCUT2D eigenvalue weighted by atomic mass is 9.98. The fourth-order valence-corrected chi connectivity index (χ4v) is 5.99. The fourth-order valence-electron chi connectivity index (χ4n) is 4.28. The summed E-state index contributed by atoms with van der Waals surface area (Å²) < 4.78 is 35.0. The van der Waals surface area contributed by atoms with E-state index in [1.807, 2.05) is 51.1 Å². The van der Waals surface area contributed by atoms with Gasteiger partial charge in [-0.2, -0.15) is 0 Å². The van der Waals surface area contributed by atoms with Gasteiger partial charge < -0.3 is 9.64 Å². The Kier molecular flexibility index (Phi) is 6.79. The number of aromatic nitrogens is 1. The van der Waals surface area contributed by atoms with Gasteiger partial charge in [-0.05, 0) is 63.8 Å². The van der Waals surface area contributed by atoms with Gasteiger partial charge in [-0.3, -0.25) is 9.29 Å². The predicted molar refractivity (Wildman–Crippen MR) is 133 cm³/mol. The lowest BCUT2D eigenvalue weighted by molar-refractivity contribution is 0.0171. The first kappa shape index (κ1) is 24.0. The minimum Gasteiger partial charge on any atom is -0.444 e. The van der Waals surface area contributed by atoms with Crippen molar-refractivity contribution >= 4 is 32.7 Å². The second kappa shape index (κ2) is 9.62. The number of anilines is 1. The molecule has 3 aromatic rings. The Hall–Kier alpha value is -3.13. The molecule has 180 valence electrons. The fraction of sp³-hybridized carbons (Fsp3) is 0.385. The summed E-state index contributed by atoms with van der Waals surface area (Å²) in [6.45, 7) is 6.84. The highest BCUT2D eigenvalue weighted by Crippen LogP contribution is 2.30. The Morgan fingerprint density at radius 1 is 1.09 bits per heavy atom. The molecule has 1 fully saturated rings. The van der Waals surface area contributed by atoms with Gasteiger partial charge in [0.2, 0.25) is 0 Å². The molecule has 1 aliphatic heterocycles. The van der Waals surface area contributed by atoms with Crippen molar-refractivity contribution in [3.05, 3.63) is 66.9 Å². The number of amides is 1. The number of hydrogen-bond acceptors (Lipinski definition) is 5. The smallest absolute Gasteiger partial charge is 0.410 e. The Morgan fingerprint density at radius 2 is 1.82 bits per heavy atom. The van der Waals surface area contributed by atoms with Gasteiger partial charge in [0, 0.05) is 31.2 Å². The van der Waals surface area contributed by atoms with Crippen molar-refractivity contribution in [1.82, 2.24) is 9.88 Å². The highest BCUT2D eigenvalue weighted by molar-refractivity contribution is 7.93. The number of sulfonamides is 1. The third kappa shape index (κ3) is 5.33. The highest BCUT2D eigenvalue weighted by Gasteiger charge is 2.33. The summed E-state index contributed by atoms with van der Waals surface area (Å²) in [6.07, 6.45) is 2.87. The number of carbonyl (C=O) groups is 1. The summed E-state index contributed by atoms with van der Waals surface area (Å²) in [4.78, 5) is 18.9. The molecule has 0 spiro atoms. The molecule has 0 saturated carbocycles. The quantitative estimate of drug-likeness (QED) is 0.508. The summed E-state index contributed by atoms with van der Waals surface area (Å²) in [6, 6.07) is 18.0. The molecule has 1 aliphatic rings. The summed E-state index contributed by atoms with van der Waals surface area (Å²) in [5.74, 6) is -0.0285. The SMILES string of the molecule is CC(C)(C)OC(=O)N1CCCC(CN(c2ccccc2)S(=O)(=O)c2cccc3cccnc23)C1. The van der Waals surface area contributed by atoms with E-state index in [9.17, 15) is 13.2 Å². The minimum atomic E-state index is -3.91. The standard InChI is InChI=1S/C26H31N3O4S/c1-26(2,3)33-25(30)28-17-9-10-20(18-28)19-29(22-13-5-4-6-14-22)34(31,32)23-15-7-11-21-12-8-16-27-24(21)23/h4-8,11-16,20H,9-10,17-19H2,1-3H3. The Morgan fingerprint density at radius 3 is 2.56 bits per heavy atom. The van der Waals surface area contributed by atoms with E-state index in [-0.39, 0.29) is 23.5 Å². The highest BCUT2D eigenvalue weighted by atomic mass is 32.2. The van der Waals surface area contributed by atoms with Crippen molar-refractivity contribution in [3.8, 4) is 0 Å². The van der Waals surface area contributed by atoms with E-state index < -0.39 is 15.6 Å². The first-order chi connectivity index (χ1) is 16.1. The van der Waals surface area contributed by atoms with E-state index in [0.29, 0.717) is 24.3 Å². The number of ether oxygens (including phenoxy) is 1. The van der Waals surface area contributed by atoms with Crippen LogP contribution in [0.1, 0.15) is 33.6 Å². The number of benzene rings is 2. The zero-order chi connectivity index (χ0) is 24.3. The first-order valence-electron chi connectivity index (χ1n) is 11.5. The average molecular weight is 482 g/mol. The monoisotopic (exact) mass is 481 g/mol. The van der Waals surface area contributed by atoms with Gasteiger partial charge in [0.1, 0.15) is 10.5 Å². The van der Waals surface area contributed by atoms with Gasteiger partial charge in [-0.25, -0.2) is 13.2 Å². The van der Waals surface area contributed by atoms with E-state index in [4.69, 9.17) is 4.74 Å². The Labute approximate surface area is 201 Å². The molecule has 0 radical (unpaired) electrons. The average Bonchev–Trinajstić information content (AvgIpc) is 2.81. The van der Waals surface area contributed by atoms with E-state index in [2.05, 4.69) is 4.98 Å². The second-order valence-corrected chi connectivity index (χ2v) is 11.5. The van der Waals surface area contributed by atoms with E-state index in [1.54, 1.807) is 41.4 Å². The van der Waals surface area contributed by atoms with Crippen LogP contribution in [0.15, 0.2) is 71.8 Å². The van der Waals surface area contributed by atoms with Crippen molar-refractivity contribution in [3.63, 3.8) is 0 Å². The van der Waals surface area contributed by atoms with Crippen molar-refractivity contribution in [2.45, 2.75) is 44.1 Å². The zero-order valence-electron chi connectivity index (χ0n) is 19.8. The molecule has 0 N–H and O–H groups in total. The number of pyridine rings is 1. The van der Waals surface area contributed by atoms with Crippen molar-refractivity contribution < 1.29 is 17.9 Å². The number of piperidine rings is 1. The van der Waals surface area contributed by atoms with Crippen LogP contribution in [0.2, 0.25) is 0 Å². The first-order valence-corrected chi connectivity index (χ1v) is 13.0. The number of nitrogens with zero attached hydrogens (tertiary/aromatic N) is 3. The van der Waals surface area contributed by atoms with Crippen molar-refractivity contribution in [2.75, 3.05) is 23.9 Å². The molecule has 0 bridgehead atoms. The normalized spacial score (nSPS) is 16.9. The molecule has 1 amide bonds. The van der Waals surface area contributed by atoms with Crippen molar-refractivity contribution in [2.24, 2.45) is 5.92 Å². The lowest BCUT2D eigenvalue weighted by Crippen LogP contribution is -2.46. The largest absolute Gasteiger partial charge is 0.444 e. The van der Waals surface area contributed by atoms with Gasteiger partial charge in [-0.1, -0.05) is 36.4 Å². The topological polar surface area (TPSA) is 79.8 Å².